The van der Waals surface area contributed by atoms with Gasteiger partial charge in [-0.05, 0) is 23.3 Å². The Bertz CT molecular complexity index is 959. The van der Waals surface area contributed by atoms with Crippen LogP contribution in [0.15, 0.2) is 72.8 Å². The molecule has 1 heterocycles. The molecule has 1 saturated heterocycles. The van der Waals surface area contributed by atoms with Crippen molar-refractivity contribution in [1.29, 1.82) is 0 Å². The molecule has 1 aliphatic heterocycles. The van der Waals surface area contributed by atoms with Crippen LogP contribution in [0.4, 0.5) is 8.78 Å². The number of likely N-dealkylation sites (tertiary alicyclic amines) is 1. The second-order valence-electron chi connectivity index (χ2n) is 7.18. The van der Waals surface area contributed by atoms with Gasteiger partial charge in [0.25, 0.3) is 0 Å². The second-order valence-corrected chi connectivity index (χ2v) is 7.18. The first-order valence-electron chi connectivity index (χ1n) is 9.64. The molecule has 1 fully saturated rings. The average Bonchev–Trinajstić information content (AvgIpc) is 2.74. The number of ether oxygens (including phenoxy) is 2. The zero-order valence-electron chi connectivity index (χ0n) is 16.4. The van der Waals surface area contributed by atoms with Crippen LogP contribution in [0.2, 0.25) is 0 Å². The van der Waals surface area contributed by atoms with Crippen LogP contribution in [0.25, 0.3) is 0 Å². The molecule has 0 aliphatic carbocycles. The number of hydrogen-bond acceptors (Lipinski definition) is 4. The standard InChI is InChI=1S/C24H21F2NO3/c1-29-24(28)18-12-20(25)23(21(26)13-18)30-19-14-27(15-19)22(16-8-4-2-5-9-16)17-10-6-3-7-11-17/h2-13,19,22H,14-15H2,1H3. The number of benzene rings is 3. The molecule has 0 radical (unpaired) electrons. The smallest absolute Gasteiger partial charge is 0.338 e. The summed E-state index contributed by atoms with van der Waals surface area (Å²) in [6.45, 7) is 1.04. The highest BCUT2D eigenvalue weighted by atomic mass is 19.1. The average molecular weight is 409 g/mol. The number of methoxy groups -OCH3 is 1. The molecule has 0 spiro atoms. The SMILES string of the molecule is COC(=O)c1cc(F)c(OC2CN(C(c3ccccc3)c3ccccc3)C2)c(F)c1. The largest absolute Gasteiger partial charge is 0.482 e. The molecular formula is C24H21F2NO3. The molecule has 30 heavy (non-hydrogen) atoms. The molecule has 6 heteroatoms. The van der Waals surface area contributed by atoms with Crippen LogP contribution < -0.4 is 4.74 Å². The van der Waals surface area contributed by atoms with Gasteiger partial charge in [0.1, 0.15) is 6.10 Å². The van der Waals surface area contributed by atoms with Gasteiger partial charge >= 0.3 is 5.97 Å². The number of nitrogens with zero attached hydrogens (tertiary/aromatic N) is 1. The molecule has 0 bridgehead atoms. The van der Waals surface area contributed by atoms with E-state index in [-0.39, 0.29) is 17.7 Å². The maximum atomic E-state index is 14.3. The van der Waals surface area contributed by atoms with Gasteiger partial charge in [0.05, 0.1) is 18.7 Å². The Morgan fingerprint density at radius 3 is 1.90 bits per heavy atom. The van der Waals surface area contributed by atoms with Crippen molar-refractivity contribution in [1.82, 2.24) is 4.90 Å². The van der Waals surface area contributed by atoms with Crippen molar-refractivity contribution in [3.05, 3.63) is 101 Å². The van der Waals surface area contributed by atoms with Crippen molar-refractivity contribution in [2.24, 2.45) is 0 Å². The third-order valence-corrected chi connectivity index (χ3v) is 5.18. The van der Waals surface area contributed by atoms with Crippen molar-refractivity contribution < 1.29 is 23.0 Å². The number of carbonyl (C=O) groups excluding carboxylic acids is 1. The fourth-order valence-corrected chi connectivity index (χ4v) is 3.71. The maximum absolute atomic E-state index is 14.3. The molecule has 0 atom stereocenters. The Kier molecular flexibility index (Phi) is 5.77. The second kappa shape index (κ2) is 8.63. The topological polar surface area (TPSA) is 38.8 Å². The van der Waals surface area contributed by atoms with E-state index < -0.39 is 23.4 Å². The molecule has 3 aromatic carbocycles. The van der Waals surface area contributed by atoms with Gasteiger partial charge in [-0.1, -0.05) is 60.7 Å². The number of esters is 1. The number of carbonyl (C=O) groups is 1. The van der Waals surface area contributed by atoms with E-state index in [4.69, 9.17) is 4.74 Å². The Hall–Kier alpha value is -3.25. The van der Waals surface area contributed by atoms with E-state index in [0.29, 0.717) is 13.1 Å². The highest BCUT2D eigenvalue weighted by Gasteiger charge is 2.36. The fourth-order valence-electron chi connectivity index (χ4n) is 3.71. The third kappa shape index (κ3) is 4.04. The normalized spacial score (nSPS) is 14.4. The van der Waals surface area contributed by atoms with E-state index in [9.17, 15) is 13.6 Å². The molecule has 0 aromatic heterocycles. The summed E-state index contributed by atoms with van der Waals surface area (Å²) < 4.78 is 38.7. The Morgan fingerprint density at radius 1 is 0.933 bits per heavy atom. The first kappa shape index (κ1) is 20.0. The lowest BCUT2D eigenvalue weighted by molar-refractivity contribution is -0.00381. The molecule has 4 rings (SSSR count). The molecule has 0 saturated carbocycles. The number of halogens is 2. The first-order chi connectivity index (χ1) is 14.6. The van der Waals surface area contributed by atoms with Crippen molar-refractivity contribution >= 4 is 5.97 Å². The van der Waals surface area contributed by atoms with Gasteiger partial charge in [0.2, 0.25) is 0 Å². The lowest BCUT2D eigenvalue weighted by Crippen LogP contribution is -2.55. The molecule has 4 nitrogen and oxygen atoms in total. The van der Waals surface area contributed by atoms with Gasteiger partial charge < -0.3 is 9.47 Å². The Morgan fingerprint density at radius 2 is 1.43 bits per heavy atom. The quantitative estimate of drug-likeness (QED) is 0.558. The number of rotatable bonds is 6. The van der Waals surface area contributed by atoms with Crippen LogP contribution >= 0.6 is 0 Å². The first-order valence-corrected chi connectivity index (χ1v) is 9.64. The summed E-state index contributed by atoms with van der Waals surface area (Å²) in [4.78, 5) is 13.7. The minimum Gasteiger partial charge on any atom is -0.482 e. The summed E-state index contributed by atoms with van der Waals surface area (Å²) in [6, 6.07) is 22.1. The number of hydrogen-bond donors (Lipinski definition) is 0. The highest BCUT2D eigenvalue weighted by Crippen LogP contribution is 2.34. The summed E-state index contributed by atoms with van der Waals surface area (Å²) in [5.41, 5.74) is 2.09. The Balaban J connectivity index is 1.49. The zero-order valence-corrected chi connectivity index (χ0v) is 16.4. The van der Waals surface area contributed by atoms with Crippen molar-refractivity contribution in [2.45, 2.75) is 12.1 Å². The van der Waals surface area contributed by atoms with E-state index in [1.165, 1.54) is 0 Å². The fraction of sp³-hybridized carbons (Fsp3) is 0.208. The minimum absolute atomic E-state index is 0.0312. The molecule has 0 unspecified atom stereocenters. The summed E-state index contributed by atoms with van der Waals surface area (Å²) >= 11 is 0. The molecule has 0 N–H and O–H groups in total. The summed E-state index contributed by atoms with van der Waals surface area (Å²) in [7, 11) is 1.15. The van der Waals surface area contributed by atoms with Crippen LogP contribution in [-0.4, -0.2) is 37.2 Å². The van der Waals surface area contributed by atoms with Gasteiger partial charge in [-0.2, -0.15) is 0 Å². The van der Waals surface area contributed by atoms with Gasteiger partial charge in [-0.25, -0.2) is 13.6 Å². The van der Waals surface area contributed by atoms with E-state index in [1.807, 2.05) is 36.4 Å². The highest BCUT2D eigenvalue weighted by molar-refractivity contribution is 5.89. The van der Waals surface area contributed by atoms with Gasteiger partial charge in [-0.15, -0.1) is 0 Å². The monoisotopic (exact) mass is 409 g/mol. The van der Waals surface area contributed by atoms with Gasteiger partial charge in [0.15, 0.2) is 17.4 Å². The van der Waals surface area contributed by atoms with Crippen LogP contribution in [0.3, 0.4) is 0 Å². The molecule has 3 aromatic rings. The Labute approximate surface area is 173 Å². The van der Waals surface area contributed by atoms with E-state index in [1.54, 1.807) is 0 Å². The van der Waals surface area contributed by atoms with Gasteiger partial charge in [0, 0.05) is 13.1 Å². The minimum atomic E-state index is -0.920. The van der Waals surface area contributed by atoms with Crippen LogP contribution in [0, 0.1) is 11.6 Å². The predicted molar refractivity (Wildman–Crippen MR) is 108 cm³/mol. The maximum Gasteiger partial charge on any atom is 0.338 e. The lowest BCUT2D eigenvalue weighted by Gasteiger charge is -2.44. The summed E-state index contributed by atoms with van der Waals surface area (Å²) in [5, 5.41) is 0. The third-order valence-electron chi connectivity index (χ3n) is 5.18. The van der Waals surface area contributed by atoms with Gasteiger partial charge in [-0.3, -0.25) is 4.90 Å². The zero-order chi connectivity index (χ0) is 21.1. The van der Waals surface area contributed by atoms with E-state index in [0.717, 1.165) is 30.4 Å². The summed E-state index contributed by atoms with van der Waals surface area (Å²) in [5.74, 6) is -3.11. The molecule has 154 valence electrons. The predicted octanol–water partition coefficient (Wildman–Crippen LogP) is 4.60. The summed E-state index contributed by atoms with van der Waals surface area (Å²) in [6.07, 6.45) is -0.354. The van der Waals surface area contributed by atoms with Crippen LogP contribution in [0.5, 0.6) is 5.75 Å². The van der Waals surface area contributed by atoms with E-state index in [2.05, 4.69) is 33.9 Å². The van der Waals surface area contributed by atoms with E-state index >= 15 is 0 Å². The van der Waals surface area contributed by atoms with Crippen LogP contribution in [0.1, 0.15) is 27.5 Å². The van der Waals surface area contributed by atoms with Crippen molar-refractivity contribution in [3.8, 4) is 5.75 Å². The molecule has 0 amide bonds. The lowest BCUT2D eigenvalue weighted by atomic mass is 9.94. The van der Waals surface area contributed by atoms with Crippen molar-refractivity contribution in [3.63, 3.8) is 0 Å². The molecular weight excluding hydrogens is 388 g/mol. The van der Waals surface area contributed by atoms with Crippen LogP contribution in [-0.2, 0) is 4.74 Å². The van der Waals surface area contributed by atoms with Crippen molar-refractivity contribution in [2.75, 3.05) is 20.2 Å². The molecule has 1 aliphatic rings.